The largest absolute Gasteiger partial charge is 0.384 e. The number of carbonyl (C=O) groups is 2. The summed E-state index contributed by atoms with van der Waals surface area (Å²) < 4.78 is 5.19. The van der Waals surface area contributed by atoms with Crippen LogP contribution in [0.4, 0.5) is 0 Å². The van der Waals surface area contributed by atoms with Crippen LogP contribution in [0.1, 0.15) is 19.3 Å². The topological polar surface area (TPSA) is 79.5 Å². The van der Waals surface area contributed by atoms with Gasteiger partial charge in [-0.25, -0.2) is 0 Å². The normalized spacial score (nSPS) is 18.1. The molecule has 18 heavy (non-hydrogen) atoms. The molecule has 0 unspecified atom stereocenters. The van der Waals surface area contributed by atoms with Gasteiger partial charge in [-0.15, -0.1) is 0 Å². The molecule has 0 aliphatic carbocycles. The van der Waals surface area contributed by atoms with Gasteiger partial charge in [-0.3, -0.25) is 9.59 Å². The number of amides is 2. The van der Waals surface area contributed by atoms with Gasteiger partial charge in [0.25, 0.3) is 0 Å². The van der Waals surface area contributed by atoms with E-state index in [0.29, 0.717) is 19.6 Å². The highest BCUT2D eigenvalue weighted by Crippen LogP contribution is 2.29. The van der Waals surface area contributed by atoms with Gasteiger partial charge in [-0.05, 0) is 25.9 Å². The predicted molar refractivity (Wildman–Crippen MR) is 68.1 cm³/mol. The van der Waals surface area contributed by atoms with Gasteiger partial charge in [0.2, 0.25) is 11.8 Å². The predicted octanol–water partition coefficient (Wildman–Crippen LogP) is -0.745. The van der Waals surface area contributed by atoms with Crippen LogP contribution in [-0.2, 0) is 14.3 Å². The maximum Gasteiger partial charge on any atom is 0.228 e. The Bertz CT molecular complexity index is 283. The van der Waals surface area contributed by atoms with Crippen LogP contribution in [0.5, 0.6) is 0 Å². The Morgan fingerprint density at radius 2 is 2.00 bits per heavy atom. The Balaban J connectivity index is 2.46. The van der Waals surface area contributed by atoms with Gasteiger partial charge in [0.05, 0.1) is 12.0 Å². The Morgan fingerprint density at radius 1 is 1.33 bits per heavy atom. The Kier molecular flexibility index (Phi) is 6.07. The molecule has 3 N–H and O–H groups in total. The van der Waals surface area contributed by atoms with E-state index in [1.165, 1.54) is 0 Å². The fraction of sp³-hybridized carbons (Fsp3) is 0.833. The van der Waals surface area contributed by atoms with Crippen molar-refractivity contribution < 1.29 is 14.3 Å². The molecular formula is C12H23N3O3. The van der Waals surface area contributed by atoms with Gasteiger partial charge in [0.15, 0.2) is 0 Å². The molecule has 1 aliphatic rings. The summed E-state index contributed by atoms with van der Waals surface area (Å²) in [5, 5.41) is 8.60. The monoisotopic (exact) mass is 257 g/mol. The molecule has 0 aromatic carbocycles. The quantitative estimate of drug-likeness (QED) is 0.585. The van der Waals surface area contributed by atoms with Crippen LogP contribution in [0.3, 0.4) is 0 Å². The SMILES string of the molecule is CNC(=O)CCNC(=O)C1(COC)CCNCC1. The first kappa shape index (κ1) is 14.9. The third kappa shape index (κ3) is 3.96. The van der Waals surface area contributed by atoms with Gasteiger partial charge in [-0.2, -0.15) is 0 Å². The average molecular weight is 257 g/mol. The van der Waals surface area contributed by atoms with E-state index in [2.05, 4.69) is 16.0 Å². The Hall–Kier alpha value is -1.14. The molecule has 0 saturated carbocycles. The number of carbonyl (C=O) groups excluding carboxylic acids is 2. The summed E-state index contributed by atoms with van der Waals surface area (Å²) >= 11 is 0. The van der Waals surface area contributed by atoms with Crippen molar-refractivity contribution >= 4 is 11.8 Å². The molecule has 104 valence electrons. The highest BCUT2D eigenvalue weighted by Gasteiger charge is 2.39. The van der Waals surface area contributed by atoms with Crippen molar-refractivity contribution in [2.45, 2.75) is 19.3 Å². The van der Waals surface area contributed by atoms with Crippen molar-refractivity contribution in [1.29, 1.82) is 0 Å². The second kappa shape index (κ2) is 7.33. The molecule has 1 fully saturated rings. The summed E-state index contributed by atoms with van der Waals surface area (Å²) in [6.45, 7) is 2.45. The van der Waals surface area contributed by atoms with Gasteiger partial charge in [0, 0.05) is 27.1 Å². The van der Waals surface area contributed by atoms with E-state index in [9.17, 15) is 9.59 Å². The summed E-state index contributed by atoms with van der Waals surface area (Å²) in [5.41, 5.74) is -0.442. The van der Waals surface area contributed by atoms with Gasteiger partial charge in [-0.1, -0.05) is 0 Å². The smallest absolute Gasteiger partial charge is 0.228 e. The first-order valence-electron chi connectivity index (χ1n) is 6.33. The molecule has 0 radical (unpaired) electrons. The first-order valence-corrected chi connectivity index (χ1v) is 6.33. The van der Waals surface area contributed by atoms with Crippen molar-refractivity contribution in [2.24, 2.45) is 5.41 Å². The number of rotatable bonds is 6. The maximum absolute atomic E-state index is 12.2. The molecule has 6 heteroatoms. The molecule has 1 heterocycles. The van der Waals surface area contributed by atoms with Crippen molar-refractivity contribution in [1.82, 2.24) is 16.0 Å². The minimum atomic E-state index is -0.442. The standard InChI is InChI=1S/C12H23N3O3/c1-13-10(16)3-6-15-11(17)12(9-18-2)4-7-14-8-5-12/h14H,3-9H2,1-2H3,(H,13,16)(H,15,17). The number of piperidine rings is 1. The molecule has 1 rings (SSSR count). The zero-order chi connectivity index (χ0) is 13.4. The van der Waals surface area contributed by atoms with Crippen LogP contribution in [0, 0.1) is 5.41 Å². The summed E-state index contributed by atoms with van der Waals surface area (Å²) in [5.74, 6) is -0.0730. The van der Waals surface area contributed by atoms with Gasteiger partial charge in [0.1, 0.15) is 0 Å². The van der Waals surface area contributed by atoms with E-state index in [1.807, 2.05) is 0 Å². The lowest BCUT2D eigenvalue weighted by atomic mass is 9.78. The summed E-state index contributed by atoms with van der Waals surface area (Å²) in [6, 6.07) is 0. The molecule has 1 aliphatic heterocycles. The number of hydrogen-bond donors (Lipinski definition) is 3. The highest BCUT2D eigenvalue weighted by molar-refractivity contribution is 5.83. The Morgan fingerprint density at radius 3 is 2.56 bits per heavy atom. The number of ether oxygens (including phenoxy) is 1. The molecule has 0 aromatic rings. The minimum Gasteiger partial charge on any atom is -0.384 e. The zero-order valence-corrected chi connectivity index (χ0v) is 11.2. The second-order valence-corrected chi connectivity index (χ2v) is 4.64. The third-order valence-corrected chi connectivity index (χ3v) is 3.38. The number of hydrogen-bond acceptors (Lipinski definition) is 4. The molecule has 0 atom stereocenters. The highest BCUT2D eigenvalue weighted by atomic mass is 16.5. The molecule has 6 nitrogen and oxygen atoms in total. The van der Waals surface area contributed by atoms with Crippen molar-refractivity contribution in [2.75, 3.05) is 40.4 Å². The van der Waals surface area contributed by atoms with Gasteiger partial charge < -0.3 is 20.7 Å². The molecule has 0 bridgehead atoms. The maximum atomic E-state index is 12.2. The van der Waals surface area contributed by atoms with E-state index in [0.717, 1.165) is 25.9 Å². The van der Waals surface area contributed by atoms with E-state index in [-0.39, 0.29) is 11.8 Å². The van der Waals surface area contributed by atoms with E-state index < -0.39 is 5.41 Å². The molecule has 1 saturated heterocycles. The first-order chi connectivity index (χ1) is 8.64. The fourth-order valence-corrected chi connectivity index (χ4v) is 2.22. The van der Waals surface area contributed by atoms with Crippen LogP contribution in [-0.4, -0.2) is 52.2 Å². The lowest BCUT2D eigenvalue weighted by molar-refractivity contribution is -0.136. The van der Waals surface area contributed by atoms with Crippen LogP contribution < -0.4 is 16.0 Å². The molecule has 2 amide bonds. The van der Waals surface area contributed by atoms with Crippen molar-refractivity contribution in [3.8, 4) is 0 Å². The minimum absolute atomic E-state index is 0.00486. The van der Waals surface area contributed by atoms with Gasteiger partial charge >= 0.3 is 0 Å². The summed E-state index contributed by atoms with van der Waals surface area (Å²) in [4.78, 5) is 23.3. The van der Waals surface area contributed by atoms with Crippen LogP contribution in [0.2, 0.25) is 0 Å². The molecular weight excluding hydrogens is 234 g/mol. The van der Waals surface area contributed by atoms with E-state index >= 15 is 0 Å². The zero-order valence-electron chi connectivity index (χ0n) is 11.2. The summed E-state index contributed by atoms with van der Waals surface area (Å²) in [7, 11) is 3.20. The fourth-order valence-electron chi connectivity index (χ4n) is 2.22. The van der Waals surface area contributed by atoms with E-state index in [1.54, 1.807) is 14.2 Å². The van der Waals surface area contributed by atoms with Crippen LogP contribution >= 0.6 is 0 Å². The molecule has 0 spiro atoms. The van der Waals surface area contributed by atoms with Crippen LogP contribution in [0.25, 0.3) is 0 Å². The second-order valence-electron chi connectivity index (χ2n) is 4.64. The van der Waals surface area contributed by atoms with Crippen LogP contribution in [0.15, 0.2) is 0 Å². The van der Waals surface area contributed by atoms with Crippen molar-refractivity contribution in [3.05, 3.63) is 0 Å². The molecule has 0 aromatic heterocycles. The Labute approximate surface area is 108 Å². The average Bonchev–Trinajstić information content (AvgIpc) is 2.39. The van der Waals surface area contributed by atoms with E-state index in [4.69, 9.17) is 4.74 Å². The summed E-state index contributed by atoms with van der Waals surface area (Å²) in [6.07, 6.45) is 1.85. The lowest BCUT2D eigenvalue weighted by Gasteiger charge is -2.35. The number of methoxy groups -OCH3 is 1. The third-order valence-electron chi connectivity index (χ3n) is 3.38. The number of nitrogens with one attached hydrogen (secondary N) is 3. The van der Waals surface area contributed by atoms with Crippen molar-refractivity contribution in [3.63, 3.8) is 0 Å². The lowest BCUT2D eigenvalue weighted by Crippen LogP contribution is -2.50.